The molecule has 1 atom stereocenters. The lowest BCUT2D eigenvalue weighted by molar-refractivity contribution is 0.561. The number of rotatable bonds is 5. The normalized spacial score (nSPS) is 13.4. The molecule has 6 heteroatoms. The number of halogens is 2. The molecule has 0 aliphatic carbocycles. The first-order valence-corrected chi connectivity index (χ1v) is 8.02. The lowest BCUT2D eigenvalue weighted by Crippen LogP contribution is -2.32. The van der Waals surface area contributed by atoms with Crippen molar-refractivity contribution in [2.45, 2.75) is 24.3 Å². The van der Waals surface area contributed by atoms with Crippen LogP contribution in [-0.2, 0) is 10.0 Å². The summed E-state index contributed by atoms with van der Waals surface area (Å²) in [5.41, 5.74) is 0. The molecule has 0 spiro atoms. The molecular weight excluding hydrogens is 370 g/mol. The third-order valence-electron chi connectivity index (χ3n) is 2.06. The Hall–Kier alpha value is -0.170. The predicted octanol–water partition coefficient (Wildman–Crippen LogP) is 3.45. The van der Waals surface area contributed by atoms with Crippen LogP contribution in [0.25, 0.3) is 0 Å². The highest BCUT2D eigenvalue weighted by molar-refractivity contribution is 9.11. The molecule has 0 amide bonds. The fourth-order valence-corrected chi connectivity index (χ4v) is 4.32. The SMILES string of the molecule is C=CCC(C)NS(=O)(=O)c1ccc(Br)cc1Br. The van der Waals surface area contributed by atoms with Crippen LogP contribution in [0, 0.1) is 0 Å². The highest BCUT2D eigenvalue weighted by Crippen LogP contribution is 2.25. The van der Waals surface area contributed by atoms with Gasteiger partial charge in [0.1, 0.15) is 0 Å². The Bertz CT molecular complexity index is 514. The molecule has 1 aromatic rings. The van der Waals surface area contributed by atoms with E-state index in [1.165, 1.54) is 0 Å². The first-order valence-electron chi connectivity index (χ1n) is 4.95. The lowest BCUT2D eigenvalue weighted by Gasteiger charge is -2.13. The van der Waals surface area contributed by atoms with Crippen molar-refractivity contribution in [3.05, 3.63) is 39.8 Å². The zero-order chi connectivity index (χ0) is 13.1. The quantitative estimate of drug-likeness (QED) is 0.792. The number of hydrogen-bond donors (Lipinski definition) is 1. The fourth-order valence-electron chi connectivity index (χ4n) is 1.32. The summed E-state index contributed by atoms with van der Waals surface area (Å²) in [5, 5.41) is 0. The van der Waals surface area contributed by atoms with Crippen LogP contribution in [0.1, 0.15) is 13.3 Å². The summed E-state index contributed by atoms with van der Waals surface area (Å²) in [6, 6.07) is 4.77. The second-order valence-corrected chi connectivity index (χ2v) is 7.07. The highest BCUT2D eigenvalue weighted by atomic mass is 79.9. The largest absolute Gasteiger partial charge is 0.241 e. The minimum atomic E-state index is -3.49. The molecule has 3 nitrogen and oxygen atoms in total. The summed E-state index contributed by atoms with van der Waals surface area (Å²) in [4.78, 5) is 0.233. The smallest absolute Gasteiger partial charge is 0.208 e. The van der Waals surface area contributed by atoms with Crippen molar-refractivity contribution in [3.63, 3.8) is 0 Å². The van der Waals surface area contributed by atoms with Crippen molar-refractivity contribution < 1.29 is 8.42 Å². The van der Waals surface area contributed by atoms with Crippen LogP contribution >= 0.6 is 31.9 Å². The van der Waals surface area contributed by atoms with Crippen LogP contribution in [-0.4, -0.2) is 14.5 Å². The molecule has 0 radical (unpaired) electrons. The van der Waals surface area contributed by atoms with Crippen LogP contribution < -0.4 is 4.72 Å². The van der Waals surface area contributed by atoms with Crippen LogP contribution in [0.5, 0.6) is 0 Å². The van der Waals surface area contributed by atoms with Crippen molar-refractivity contribution in [1.29, 1.82) is 0 Å². The van der Waals surface area contributed by atoms with E-state index in [0.29, 0.717) is 10.9 Å². The maximum Gasteiger partial charge on any atom is 0.241 e. The second kappa shape index (κ2) is 6.13. The van der Waals surface area contributed by atoms with Gasteiger partial charge in [0.15, 0.2) is 0 Å². The van der Waals surface area contributed by atoms with Gasteiger partial charge < -0.3 is 0 Å². The Morgan fingerprint density at radius 3 is 2.65 bits per heavy atom. The second-order valence-electron chi connectivity index (χ2n) is 3.62. The summed E-state index contributed by atoms with van der Waals surface area (Å²) in [6.45, 7) is 5.38. The zero-order valence-electron chi connectivity index (χ0n) is 9.28. The monoisotopic (exact) mass is 381 g/mol. The van der Waals surface area contributed by atoms with Crippen molar-refractivity contribution in [2.75, 3.05) is 0 Å². The molecule has 0 aromatic heterocycles. The first-order chi connectivity index (χ1) is 7.86. The molecule has 0 aliphatic rings. The van der Waals surface area contributed by atoms with E-state index in [0.717, 1.165) is 4.47 Å². The van der Waals surface area contributed by atoms with E-state index < -0.39 is 10.0 Å². The molecule has 1 aromatic carbocycles. The maximum absolute atomic E-state index is 12.1. The van der Waals surface area contributed by atoms with Crippen molar-refractivity contribution in [2.24, 2.45) is 0 Å². The number of nitrogens with one attached hydrogen (secondary N) is 1. The van der Waals surface area contributed by atoms with Gasteiger partial charge in [-0.3, -0.25) is 0 Å². The average molecular weight is 383 g/mol. The van der Waals surface area contributed by atoms with Gasteiger partial charge in [0.05, 0.1) is 4.90 Å². The van der Waals surface area contributed by atoms with E-state index in [4.69, 9.17) is 0 Å². The molecule has 0 heterocycles. The minimum Gasteiger partial charge on any atom is -0.208 e. The summed E-state index contributed by atoms with van der Waals surface area (Å²) < 4.78 is 28.1. The Kier molecular flexibility index (Phi) is 5.37. The van der Waals surface area contributed by atoms with Crippen molar-refractivity contribution in [3.8, 4) is 0 Å². The molecule has 0 saturated carbocycles. The molecule has 94 valence electrons. The molecule has 1 unspecified atom stereocenters. The third kappa shape index (κ3) is 4.21. The summed E-state index contributed by atoms with van der Waals surface area (Å²) in [6.07, 6.45) is 2.27. The van der Waals surface area contributed by atoms with Gasteiger partial charge in [0.2, 0.25) is 10.0 Å². The van der Waals surface area contributed by atoms with E-state index in [9.17, 15) is 8.42 Å². The molecule has 1 rings (SSSR count). The van der Waals surface area contributed by atoms with Crippen LogP contribution in [0.4, 0.5) is 0 Å². The van der Waals surface area contributed by atoms with Gasteiger partial charge in [0, 0.05) is 15.0 Å². The van der Waals surface area contributed by atoms with Gasteiger partial charge >= 0.3 is 0 Å². The Labute approximate surface area is 119 Å². The van der Waals surface area contributed by atoms with Gasteiger partial charge in [-0.05, 0) is 47.5 Å². The van der Waals surface area contributed by atoms with Crippen LogP contribution in [0.15, 0.2) is 44.7 Å². The Morgan fingerprint density at radius 2 is 2.12 bits per heavy atom. The van der Waals surface area contributed by atoms with Crippen LogP contribution in [0.3, 0.4) is 0 Å². The van der Waals surface area contributed by atoms with Gasteiger partial charge in [-0.15, -0.1) is 6.58 Å². The van der Waals surface area contributed by atoms with E-state index in [1.54, 1.807) is 31.2 Å². The predicted molar refractivity (Wildman–Crippen MR) is 76.4 cm³/mol. The first kappa shape index (κ1) is 14.9. The molecule has 0 fully saturated rings. The number of hydrogen-bond acceptors (Lipinski definition) is 2. The fraction of sp³-hybridized carbons (Fsp3) is 0.273. The Balaban J connectivity index is 3.01. The average Bonchev–Trinajstić information content (AvgIpc) is 2.15. The Morgan fingerprint density at radius 1 is 1.47 bits per heavy atom. The van der Waals surface area contributed by atoms with E-state index >= 15 is 0 Å². The van der Waals surface area contributed by atoms with Gasteiger partial charge in [-0.2, -0.15) is 0 Å². The van der Waals surface area contributed by atoms with Gasteiger partial charge in [-0.25, -0.2) is 13.1 Å². The molecular formula is C11H13Br2NO2S. The van der Waals surface area contributed by atoms with E-state index in [-0.39, 0.29) is 10.9 Å². The number of sulfonamides is 1. The zero-order valence-corrected chi connectivity index (χ0v) is 13.3. The van der Waals surface area contributed by atoms with Crippen LogP contribution in [0.2, 0.25) is 0 Å². The van der Waals surface area contributed by atoms with Crippen molar-refractivity contribution >= 4 is 41.9 Å². The summed E-state index contributed by atoms with van der Waals surface area (Å²) in [7, 11) is -3.49. The molecule has 1 N–H and O–H groups in total. The molecule has 0 aliphatic heterocycles. The van der Waals surface area contributed by atoms with Gasteiger partial charge in [0.25, 0.3) is 0 Å². The molecule has 17 heavy (non-hydrogen) atoms. The van der Waals surface area contributed by atoms with Gasteiger partial charge in [-0.1, -0.05) is 22.0 Å². The van der Waals surface area contributed by atoms with E-state index in [2.05, 4.69) is 43.2 Å². The summed E-state index contributed by atoms with van der Waals surface area (Å²) in [5.74, 6) is 0. The lowest BCUT2D eigenvalue weighted by atomic mass is 10.3. The topological polar surface area (TPSA) is 46.2 Å². The highest BCUT2D eigenvalue weighted by Gasteiger charge is 2.19. The molecule has 0 saturated heterocycles. The third-order valence-corrected chi connectivity index (χ3v) is 5.12. The molecule has 0 bridgehead atoms. The standard InChI is InChI=1S/C11H13Br2NO2S/c1-3-4-8(2)14-17(15,16)11-6-5-9(12)7-10(11)13/h3,5-8,14H,1,4H2,2H3. The summed E-state index contributed by atoms with van der Waals surface area (Å²) >= 11 is 6.52. The number of benzene rings is 1. The minimum absolute atomic E-state index is 0.173. The van der Waals surface area contributed by atoms with Crippen molar-refractivity contribution in [1.82, 2.24) is 4.72 Å². The van der Waals surface area contributed by atoms with E-state index in [1.807, 2.05) is 0 Å². The maximum atomic E-state index is 12.1.